The smallest absolute Gasteiger partial charge is 0.279 e. The van der Waals surface area contributed by atoms with E-state index in [0.717, 1.165) is 20.1 Å². The van der Waals surface area contributed by atoms with Crippen molar-refractivity contribution in [3.63, 3.8) is 0 Å². The van der Waals surface area contributed by atoms with Gasteiger partial charge in [-0.3, -0.25) is 13.9 Å². The summed E-state index contributed by atoms with van der Waals surface area (Å²) in [7, 11) is 2.78. The van der Waals surface area contributed by atoms with Crippen LogP contribution in [-0.2, 0) is 14.1 Å². The largest absolute Gasteiger partial charge is 0.332 e. The van der Waals surface area contributed by atoms with Gasteiger partial charge in [0.2, 0.25) is 0 Å². The summed E-state index contributed by atoms with van der Waals surface area (Å²) in [4.78, 5) is 37.2. The molecule has 0 saturated carbocycles. The fourth-order valence-corrected chi connectivity index (χ4v) is 1.42. The Morgan fingerprint density at radius 1 is 1.27 bits per heavy atom. The Hall–Kier alpha value is -2.25. The maximum Gasteiger partial charge on any atom is 0.332 e. The summed E-state index contributed by atoms with van der Waals surface area (Å²) >= 11 is 0. The Morgan fingerprint density at radius 2 is 1.93 bits per heavy atom. The maximum atomic E-state index is 11.6. The summed E-state index contributed by atoms with van der Waals surface area (Å²) in [5, 5.41) is 2.63. The van der Waals surface area contributed by atoms with E-state index in [0.29, 0.717) is 0 Å². The first-order chi connectivity index (χ1) is 7.07. The SMILES string of the molecule is Cn1c(=O)c2ncn(N=O)c2n(C)c1=O. The molecule has 2 heterocycles. The van der Waals surface area contributed by atoms with Gasteiger partial charge in [-0.2, -0.15) is 4.68 Å². The standard InChI is InChI=1S/C7H7N5O3/c1-10-5-4(8-3-12(5)9-15)6(13)11(2)7(10)14/h3H,1-2H3. The van der Waals surface area contributed by atoms with Crippen molar-refractivity contribution in [2.24, 2.45) is 19.4 Å². The van der Waals surface area contributed by atoms with Crippen LogP contribution in [0.15, 0.2) is 21.2 Å². The predicted molar refractivity (Wildman–Crippen MR) is 51.4 cm³/mol. The molecule has 2 rings (SSSR count). The van der Waals surface area contributed by atoms with Crippen LogP contribution in [0.3, 0.4) is 0 Å². The van der Waals surface area contributed by atoms with E-state index >= 15 is 0 Å². The van der Waals surface area contributed by atoms with Crippen molar-refractivity contribution >= 4 is 11.2 Å². The van der Waals surface area contributed by atoms with Crippen molar-refractivity contribution in [3.05, 3.63) is 32.1 Å². The Morgan fingerprint density at radius 3 is 2.53 bits per heavy atom. The van der Waals surface area contributed by atoms with Gasteiger partial charge in [0.05, 0.1) is 5.29 Å². The molecule has 0 bridgehead atoms. The van der Waals surface area contributed by atoms with Crippen LogP contribution in [-0.4, -0.2) is 18.8 Å². The van der Waals surface area contributed by atoms with Crippen molar-refractivity contribution in [3.8, 4) is 0 Å². The molecule has 0 aliphatic heterocycles. The summed E-state index contributed by atoms with van der Waals surface area (Å²) in [6, 6.07) is 0. The van der Waals surface area contributed by atoms with Crippen molar-refractivity contribution in [1.82, 2.24) is 18.8 Å². The summed E-state index contributed by atoms with van der Waals surface area (Å²) in [5.74, 6) is 0. The van der Waals surface area contributed by atoms with E-state index in [1.165, 1.54) is 14.1 Å². The second-order valence-corrected chi connectivity index (χ2v) is 3.05. The molecule has 0 saturated heterocycles. The molecule has 0 fully saturated rings. The van der Waals surface area contributed by atoms with Crippen LogP contribution in [0, 0.1) is 4.91 Å². The highest BCUT2D eigenvalue weighted by Gasteiger charge is 2.13. The molecule has 0 radical (unpaired) electrons. The van der Waals surface area contributed by atoms with E-state index in [4.69, 9.17) is 0 Å². The molecule has 0 N–H and O–H groups in total. The minimum absolute atomic E-state index is 0.0409. The van der Waals surface area contributed by atoms with Gasteiger partial charge in [-0.1, -0.05) is 0 Å². The van der Waals surface area contributed by atoms with Crippen LogP contribution in [0.25, 0.3) is 11.2 Å². The van der Waals surface area contributed by atoms with Gasteiger partial charge in [0, 0.05) is 14.1 Å². The van der Waals surface area contributed by atoms with E-state index in [9.17, 15) is 14.5 Å². The Bertz CT molecular complexity index is 662. The number of aromatic nitrogens is 4. The fourth-order valence-electron chi connectivity index (χ4n) is 1.42. The molecule has 2 aromatic heterocycles. The number of nitroso groups, excluding NO2 is 1. The zero-order valence-corrected chi connectivity index (χ0v) is 8.04. The Kier molecular flexibility index (Phi) is 1.78. The van der Waals surface area contributed by atoms with Crippen LogP contribution < -0.4 is 11.2 Å². The van der Waals surface area contributed by atoms with E-state index < -0.39 is 11.2 Å². The first-order valence-electron chi connectivity index (χ1n) is 4.04. The van der Waals surface area contributed by atoms with Crippen LogP contribution >= 0.6 is 0 Å². The average Bonchev–Trinajstić information content (AvgIpc) is 2.67. The number of nitrogens with zero attached hydrogens (tertiary/aromatic N) is 5. The zero-order chi connectivity index (χ0) is 11.2. The summed E-state index contributed by atoms with van der Waals surface area (Å²) in [5.41, 5.74) is -0.939. The quantitative estimate of drug-likeness (QED) is 0.561. The number of hydrogen-bond acceptors (Lipinski definition) is 5. The van der Waals surface area contributed by atoms with E-state index in [-0.39, 0.29) is 11.2 Å². The topological polar surface area (TPSA) is 91.2 Å². The first kappa shape index (κ1) is 9.31. The van der Waals surface area contributed by atoms with Crippen molar-refractivity contribution in [1.29, 1.82) is 0 Å². The van der Waals surface area contributed by atoms with Crippen LogP contribution in [0.4, 0.5) is 0 Å². The van der Waals surface area contributed by atoms with E-state index in [2.05, 4.69) is 10.3 Å². The lowest BCUT2D eigenvalue weighted by molar-refractivity contribution is 0.695. The lowest BCUT2D eigenvalue weighted by Gasteiger charge is -2.02. The van der Waals surface area contributed by atoms with E-state index in [1.54, 1.807) is 0 Å². The molecule has 2 aromatic rings. The highest BCUT2D eigenvalue weighted by atomic mass is 16.3. The van der Waals surface area contributed by atoms with Gasteiger partial charge >= 0.3 is 5.69 Å². The van der Waals surface area contributed by atoms with Gasteiger partial charge in [-0.15, -0.1) is 4.91 Å². The Balaban J connectivity index is 3.18. The van der Waals surface area contributed by atoms with Crippen molar-refractivity contribution < 1.29 is 0 Å². The van der Waals surface area contributed by atoms with Gasteiger partial charge in [-0.25, -0.2) is 9.78 Å². The average molecular weight is 209 g/mol. The minimum Gasteiger partial charge on any atom is -0.279 e. The summed E-state index contributed by atoms with van der Waals surface area (Å²) in [6.07, 6.45) is 1.10. The van der Waals surface area contributed by atoms with Crippen LogP contribution in [0.2, 0.25) is 0 Å². The van der Waals surface area contributed by atoms with Crippen molar-refractivity contribution in [2.45, 2.75) is 0 Å². The Labute approximate surface area is 82.3 Å². The highest BCUT2D eigenvalue weighted by Crippen LogP contribution is 2.04. The van der Waals surface area contributed by atoms with Gasteiger partial charge in [-0.05, 0) is 0 Å². The molecule has 0 aromatic carbocycles. The summed E-state index contributed by atoms with van der Waals surface area (Å²) < 4.78 is 2.91. The number of imidazole rings is 1. The number of fused-ring (bicyclic) bond motifs is 1. The lowest BCUT2D eigenvalue weighted by Crippen LogP contribution is -2.37. The fraction of sp³-hybridized carbons (Fsp3) is 0.286. The van der Waals surface area contributed by atoms with Crippen LogP contribution in [0.1, 0.15) is 0 Å². The molecular formula is C7H7N5O3. The number of aryl methyl sites for hydroxylation is 1. The molecule has 0 amide bonds. The monoisotopic (exact) mass is 209 g/mol. The molecule has 15 heavy (non-hydrogen) atoms. The number of hydrogen-bond donors (Lipinski definition) is 0. The zero-order valence-electron chi connectivity index (χ0n) is 8.04. The second-order valence-electron chi connectivity index (χ2n) is 3.05. The van der Waals surface area contributed by atoms with E-state index in [1.807, 2.05) is 0 Å². The molecule has 0 atom stereocenters. The molecule has 78 valence electrons. The third-order valence-corrected chi connectivity index (χ3v) is 2.21. The van der Waals surface area contributed by atoms with Gasteiger partial charge in [0.1, 0.15) is 6.33 Å². The third-order valence-electron chi connectivity index (χ3n) is 2.21. The van der Waals surface area contributed by atoms with Crippen LogP contribution in [0.5, 0.6) is 0 Å². The maximum absolute atomic E-state index is 11.6. The molecule has 0 aliphatic rings. The third kappa shape index (κ3) is 1.04. The molecule has 0 unspecified atom stereocenters. The molecule has 0 spiro atoms. The van der Waals surface area contributed by atoms with Crippen molar-refractivity contribution in [2.75, 3.05) is 0 Å². The lowest BCUT2D eigenvalue weighted by atomic mass is 10.5. The molecule has 8 heteroatoms. The first-order valence-corrected chi connectivity index (χ1v) is 4.04. The number of rotatable bonds is 1. The molecular weight excluding hydrogens is 202 g/mol. The predicted octanol–water partition coefficient (Wildman–Crippen LogP) is -1.04. The van der Waals surface area contributed by atoms with Gasteiger partial charge in [0.25, 0.3) is 5.56 Å². The minimum atomic E-state index is -0.546. The highest BCUT2D eigenvalue weighted by molar-refractivity contribution is 5.69. The molecule has 8 nitrogen and oxygen atoms in total. The molecule has 0 aliphatic carbocycles. The van der Waals surface area contributed by atoms with Gasteiger partial charge < -0.3 is 0 Å². The van der Waals surface area contributed by atoms with Gasteiger partial charge in [0.15, 0.2) is 11.2 Å². The summed E-state index contributed by atoms with van der Waals surface area (Å²) in [6.45, 7) is 0. The normalized spacial score (nSPS) is 10.8. The second kappa shape index (κ2) is 2.87.